The van der Waals surface area contributed by atoms with Gasteiger partial charge in [0.05, 0.1) is 38.7 Å². The van der Waals surface area contributed by atoms with Crippen LogP contribution in [0.3, 0.4) is 0 Å². The fourth-order valence-corrected chi connectivity index (χ4v) is 8.29. The van der Waals surface area contributed by atoms with Gasteiger partial charge >= 0.3 is 17.9 Å². The van der Waals surface area contributed by atoms with Crippen molar-refractivity contribution < 1.29 is 82.6 Å². The number of rotatable bonds is 32. The second kappa shape index (κ2) is 31.3. The minimum Gasteiger partial charge on any atom is -0.481 e. The van der Waals surface area contributed by atoms with Gasteiger partial charge in [0.15, 0.2) is 0 Å². The van der Waals surface area contributed by atoms with E-state index in [2.05, 4.69) is 44.5 Å². The molecule has 2 fully saturated rings. The number of nitrogens with zero attached hydrogens (tertiary/aromatic N) is 2. The Morgan fingerprint density at radius 3 is 1.93 bits per heavy atom. The van der Waals surface area contributed by atoms with Crippen molar-refractivity contribution in [2.75, 3.05) is 58.4 Å². The highest BCUT2D eigenvalue weighted by Gasteiger charge is 2.44. The quantitative estimate of drug-likeness (QED) is 0.0239. The standard InChI is InChI=1S/C46H70N10O17S/c1-25(2)18-30(52-43(67)38(62)27(47)19-26-8-4-3-5-9-26)44(68)56-14-7-11-34(56)45(69)55-13-6-10-33(55)42(66)49-12-15-72-16-17-73-23-35(57)51-29(21-37(60)61)40(64)50-22-31(41(65)54-32(24-74)46(70)71)53-39(63)28(48)20-36(58)59/h3-5,8-9,25,27-34,38,62,74H,6-7,10-24,47-48H2,1-2H3,(H,49,66)(H,50,64)(H,51,57)(H,52,67)(H,53,63)(H,54,65)(H,58,59)(H,60,61)(H,70,71)/t27-,28?,29+,30+,31?,32?,33+,34+,38+/m1/s1. The monoisotopic (exact) mass is 1070 g/mol. The molecule has 2 aliphatic heterocycles. The Kier molecular flexibility index (Phi) is 26.2. The van der Waals surface area contributed by atoms with E-state index in [1.54, 1.807) is 0 Å². The number of carboxylic acid groups (broad SMARTS) is 3. The average Bonchev–Trinajstić information content (AvgIpc) is 4.05. The molecule has 28 heteroatoms. The number of thiol groups is 1. The number of aliphatic carboxylic acids is 3. The van der Waals surface area contributed by atoms with Gasteiger partial charge in [-0.3, -0.25) is 47.9 Å². The van der Waals surface area contributed by atoms with E-state index < -0.39 is 146 Å². The van der Waals surface area contributed by atoms with Crippen molar-refractivity contribution in [1.29, 1.82) is 0 Å². The first kappa shape index (κ1) is 61.8. The summed E-state index contributed by atoms with van der Waals surface area (Å²) in [5, 5.41) is 52.4. The normalized spacial score (nSPS) is 18.1. The molecule has 9 atom stereocenters. The third kappa shape index (κ3) is 20.5. The lowest BCUT2D eigenvalue weighted by molar-refractivity contribution is -0.148. The van der Waals surface area contributed by atoms with Gasteiger partial charge in [-0.15, -0.1) is 0 Å². The van der Waals surface area contributed by atoms with Crippen molar-refractivity contribution in [1.82, 2.24) is 41.7 Å². The molecule has 412 valence electrons. The smallest absolute Gasteiger partial charge is 0.327 e. The molecule has 0 aromatic heterocycles. The third-order valence-electron chi connectivity index (χ3n) is 11.8. The van der Waals surface area contributed by atoms with Gasteiger partial charge in [0, 0.05) is 38.0 Å². The van der Waals surface area contributed by atoms with Crippen LogP contribution in [0, 0.1) is 5.92 Å². The summed E-state index contributed by atoms with van der Waals surface area (Å²) in [6, 6.07) is -1.20. The first-order valence-electron chi connectivity index (χ1n) is 24.1. The Hall–Kier alpha value is -6.46. The zero-order valence-corrected chi connectivity index (χ0v) is 42.2. The van der Waals surface area contributed by atoms with Crippen molar-refractivity contribution in [3.8, 4) is 0 Å². The zero-order chi connectivity index (χ0) is 55.1. The molecule has 2 heterocycles. The molecule has 2 aliphatic rings. The van der Waals surface area contributed by atoms with Crippen LogP contribution in [0.25, 0.3) is 0 Å². The number of carbonyl (C=O) groups excluding carboxylic acids is 8. The van der Waals surface area contributed by atoms with Gasteiger partial charge in [-0.25, -0.2) is 4.79 Å². The number of nitrogens with two attached hydrogens (primary N) is 2. The van der Waals surface area contributed by atoms with Crippen molar-refractivity contribution in [2.24, 2.45) is 17.4 Å². The number of aliphatic hydroxyl groups excluding tert-OH is 1. The lowest BCUT2D eigenvalue weighted by Crippen LogP contribution is -2.59. The van der Waals surface area contributed by atoms with E-state index in [9.17, 15) is 68.1 Å². The number of ether oxygens (including phenoxy) is 2. The average molecular weight is 1070 g/mol. The van der Waals surface area contributed by atoms with Gasteiger partial charge in [-0.2, -0.15) is 12.6 Å². The number of likely N-dealkylation sites (tertiary alicyclic amines) is 2. The number of carboxylic acids is 3. The third-order valence-corrected chi connectivity index (χ3v) is 12.2. The van der Waals surface area contributed by atoms with Crippen LogP contribution in [0.5, 0.6) is 0 Å². The van der Waals surface area contributed by atoms with Crippen LogP contribution < -0.4 is 43.4 Å². The minimum absolute atomic E-state index is 0.000881. The highest BCUT2D eigenvalue weighted by Crippen LogP contribution is 2.26. The maximum absolute atomic E-state index is 14.0. The van der Waals surface area contributed by atoms with Gasteiger partial charge in [0.1, 0.15) is 49.0 Å². The summed E-state index contributed by atoms with van der Waals surface area (Å²) in [5.41, 5.74) is 12.6. The van der Waals surface area contributed by atoms with Crippen LogP contribution in [0.4, 0.5) is 0 Å². The fraction of sp³-hybridized carbons (Fsp3) is 0.630. The van der Waals surface area contributed by atoms with Crippen LogP contribution >= 0.6 is 12.6 Å². The fourth-order valence-electron chi connectivity index (χ4n) is 8.05. The summed E-state index contributed by atoms with van der Waals surface area (Å²) >= 11 is 3.84. The van der Waals surface area contributed by atoms with E-state index in [0.717, 1.165) is 5.56 Å². The Morgan fingerprint density at radius 1 is 0.703 bits per heavy atom. The Morgan fingerprint density at radius 2 is 1.31 bits per heavy atom. The van der Waals surface area contributed by atoms with E-state index in [1.807, 2.05) is 44.2 Å². The van der Waals surface area contributed by atoms with E-state index in [1.165, 1.54) is 9.80 Å². The second-order valence-electron chi connectivity index (χ2n) is 18.1. The zero-order valence-electron chi connectivity index (χ0n) is 41.3. The number of hydrogen-bond donors (Lipinski definition) is 13. The van der Waals surface area contributed by atoms with Crippen LogP contribution in [0.1, 0.15) is 64.4 Å². The lowest BCUT2D eigenvalue weighted by atomic mass is 9.99. The predicted molar refractivity (Wildman–Crippen MR) is 262 cm³/mol. The van der Waals surface area contributed by atoms with E-state index >= 15 is 0 Å². The van der Waals surface area contributed by atoms with Gasteiger partial charge < -0.3 is 83.1 Å². The van der Waals surface area contributed by atoms with Crippen LogP contribution in [-0.4, -0.2) is 208 Å². The van der Waals surface area contributed by atoms with E-state index in [0.29, 0.717) is 25.7 Å². The first-order chi connectivity index (χ1) is 35.0. The van der Waals surface area contributed by atoms with Gasteiger partial charge in [-0.05, 0) is 50.0 Å². The molecular formula is C46H70N10O17S. The summed E-state index contributed by atoms with van der Waals surface area (Å²) in [7, 11) is 0. The van der Waals surface area contributed by atoms with E-state index in [4.69, 9.17) is 26.0 Å². The van der Waals surface area contributed by atoms with Crippen molar-refractivity contribution >= 4 is 77.8 Å². The molecule has 74 heavy (non-hydrogen) atoms. The molecule has 27 nitrogen and oxygen atoms in total. The maximum Gasteiger partial charge on any atom is 0.327 e. The molecule has 0 radical (unpaired) electrons. The molecule has 0 bridgehead atoms. The number of amides is 8. The number of benzene rings is 1. The Labute approximate surface area is 432 Å². The molecule has 2 saturated heterocycles. The number of aliphatic hydroxyl groups is 1. The summed E-state index contributed by atoms with van der Waals surface area (Å²) < 4.78 is 10.7. The van der Waals surface area contributed by atoms with Gasteiger partial charge in [-0.1, -0.05) is 44.2 Å². The Bertz CT molecular complexity index is 2120. The predicted octanol–water partition coefficient (Wildman–Crippen LogP) is -4.56. The molecule has 0 aliphatic carbocycles. The Balaban J connectivity index is 1.46. The SMILES string of the molecule is CC(C)C[C@H](NC(=O)[C@@H](O)[C@H](N)Cc1ccccc1)C(=O)N1CCC[C@H]1C(=O)N1CCC[C@H]1C(=O)NCCOCCOCC(=O)N[C@@H](CC(=O)O)C(=O)NCC(NC(=O)C(N)CC(=O)O)C(=O)NC(CS)C(=O)O. The molecule has 1 aromatic carbocycles. The van der Waals surface area contributed by atoms with E-state index in [-0.39, 0.29) is 64.0 Å². The molecule has 3 rings (SSSR count). The lowest BCUT2D eigenvalue weighted by Gasteiger charge is -2.33. The van der Waals surface area contributed by atoms with Crippen LogP contribution in [-0.2, 0) is 68.6 Å². The summed E-state index contributed by atoms with van der Waals surface area (Å²) in [6.07, 6.45) is -1.11. The summed E-state index contributed by atoms with van der Waals surface area (Å²) in [4.78, 5) is 142. The number of nitrogens with one attached hydrogen (secondary N) is 6. The number of hydrogen-bond acceptors (Lipinski definition) is 17. The molecule has 3 unspecified atom stereocenters. The summed E-state index contributed by atoms with van der Waals surface area (Å²) in [5.74, 6) is -11.3. The van der Waals surface area contributed by atoms with Gasteiger partial charge in [0.25, 0.3) is 5.91 Å². The summed E-state index contributed by atoms with van der Waals surface area (Å²) in [6.45, 7) is 2.66. The maximum atomic E-state index is 14.0. The largest absolute Gasteiger partial charge is 0.481 e. The molecule has 8 amide bonds. The molecular weight excluding hydrogens is 997 g/mol. The molecule has 0 saturated carbocycles. The number of carbonyl (C=O) groups is 11. The minimum atomic E-state index is -1.74. The van der Waals surface area contributed by atoms with Crippen LogP contribution in [0.2, 0.25) is 0 Å². The van der Waals surface area contributed by atoms with Gasteiger partial charge in [0.2, 0.25) is 41.4 Å². The molecule has 0 spiro atoms. The highest BCUT2D eigenvalue weighted by atomic mass is 32.1. The van der Waals surface area contributed by atoms with Crippen LogP contribution in [0.15, 0.2) is 30.3 Å². The van der Waals surface area contributed by atoms with Crippen molar-refractivity contribution in [3.63, 3.8) is 0 Å². The molecule has 1 aromatic rings. The second-order valence-corrected chi connectivity index (χ2v) is 18.5. The highest BCUT2D eigenvalue weighted by molar-refractivity contribution is 7.80. The first-order valence-corrected chi connectivity index (χ1v) is 24.7. The van der Waals surface area contributed by atoms with Crippen molar-refractivity contribution in [3.05, 3.63) is 35.9 Å². The van der Waals surface area contributed by atoms with Crippen molar-refractivity contribution in [2.45, 2.75) is 120 Å². The molecule has 14 N–H and O–H groups in total. The topological polar surface area (TPSA) is 418 Å².